The highest BCUT2D eigenvalue weighted by molar-refractivity contribution is 5.44. The van der Waals surface area contributed by atoms with Gasteiger partial charge in [0.15, 0.2) is 23.0 Å². The molecule has 0 saturated heterocycles. The normalized spacial score (nSPS) is 13.0. The fourth-order valence-corrected chi connectivity index (χ4v) is 2.81. The zero-order valence-corrected chi connectivity index (χ0v) is 16.0. The van der Waals surface area contributed by atoms with Crippen LogP contribution in [0.25, 0.3) is 0 Å². The number of ether oxygens (including phenoxy) is 4. The van der Waals surface area contributed by atoms with Crippen molar-refractivity contribution in [2.75, 3.05) is 26.9 Å². The summed E-state index contributed by atoms with van der Waals surface area (Å²) >= 11 is 0. The van der Waals surface area contributed by atoms with Gasteiger partial charge in [0, 0.05) is 19.5 Å². The summed E-state index contributed by atoms with van der Waals surface area (Å²) in [6, 6.07) is 12.1. The van der Waals surface area contributed by atoms with E-state index in [4.69, 9.17) is 18.9 Å². The van der Waals surface area contributed by atoms with E-state index in [1.165, 1.54) is 0 Å². The molecule has 0 atom stereocenters. The smallest absolute Gasteiger partial charge is 0.161 e. The van der Waals surface area contributed by atoms with Crippen molar-refractivity contribution in [1.29, 1.82) is 0 Å². The van der Waals surface area contributed by atoms with E-state index in [0.717, 1.165) is 59.2 Å². The second-order valence-electron chi connectivity index (χ2n) is 6.67. The number of fused-ring (bicyclic) bond motifs is 1. The van der Waals surface area contributed by atoms with Gasteiger partial charge in [-0.2, -0.15) is 0 Å². The zero-order chi connectivity index (χ0) is 19.1. The third-order valence-corrected chi connectivity index (χ3v) is 4.17. The van der Waals surface area contributed by atoms with E-state index >= 15 is 0 Å². The monoisotopic (exact) mass is 369 g/mol. The Morgan fingerprint density at radius 3 is 2.44 bits per heavy atom. The molecule has 3 rings (SSSR count). The molecule has 0 radical (unpaired) electrons. The second-order valence-corrected chi connectivity index (χ2v) is 6.67. The molecule has 5 nitrogen and oxygen atoms in total. The minimum atomic E-state index is 0.477. The Labute approximate surface area is 160 Å². The number of rotatable bonds is 8. The van der Waals surface area contributed by atoms with Crippen LogP contribution in [0, 0.1) is 0 Å². The van der Waals surface area contributed by atoms with Crippen LogP contribution in [-0.4, -0.2) is 26.9 Å². The van der Waals surface area contributed by atoms with Crippen molar-refractivity contribution in [3.05, 3.63) is 59.7 Å². The fraction of sp³-hybridized carbons (Fsp3) is 0.364. The molecule has 5 heteroatoms. The summed E-state index contributed by atoms with van der Waals surface area (Å²) in [7, 11) is 1.64. The molecule has 1 aliphatic heterocycles. The summed E-state index contributed by atoms with van der Waals surface area (Å²) in [5, 5.41) is 3.46. The summed E-state index contributed by atoms with van der Waals surface area (Å²) in [4.78, 5) is 0. The fourth-order valence-electron chi connectivity index (χ4n) is 2.81. The van der Waals surface area contributed by atoms with Gasteiger partial charge >= 0.3 is 0 Å². The van der Waals surface area contributed by atoms with E-state index in [-0.39, 0.29) is 0 Å². The second kappa shape index (κ2) is 9.33. The highest BCUT2D eigenvalue weighted by Gasteiger charge is 2.11. The van der Waals surface area contributed by atoms with Crippen LogP contribution in [0.3, 0.4) is 0 Å². The molecule has 1 N–H and O–H groups in total. The van der Waals surface area contributed by atoms with E-state index < -0.39 is 0 Å². The minimum Gasteiger partial charge on any atom is -0.493 e. The van der Waals surface area contributed by atoms with Gasteiger partial charge in [0.05, 0.1) is 20.3 Å². The Hall–Kier alpha value is -2.66. The summed E-state index contributed by atoms with van der Waals surface area (Å²) < 4.78 is 22.6. The Balaban J connectivity index is 1.59. The molecule has 1 heterocycles. The zero-order valence-electron chi connectivity index (χ0n) is 16.0. The summed E-state index contributed by atoms with van der Waals surface area (Å²) in [5.74, 6) is 3.11. The lowest BCUT2D eigenvalue weighted by Gasteiger charge is -2.13. The lowest BCUT2D eigenvalue weighted by atomic mass is 10.1. The lowest BCUT2D eigenvalue weighted by molar-refractivity contribution is 0.297. The van der Waals surface area contributed by atoms with Crippen LogP contribution in [0.1, 0.15) is 24.5 Å². The molecule has 2 aromatic carbocycles. The Morgan fingerprint density at radius 2 is 1.70 bits per heavy atom. The first kappa shape index (κ1) is 19.1. The molecule has 0 aliphatic carbocycles. The average Bonchev–Trinajstić information content (AvgIpc) is 2.91. The van der Waals surface area contributed by atoms with Gasteiger partial charge in [-0.25, -0.2) is 0 Å². The predicted molar refractivity (Wildman–Crippen MR) is 106 cm³/mol. The molecule has 0 unspecified atom stereocenters. The van der Waals surface area contributed by atoms with Gasteiger partial charge in [0.1, 0.15) is 6.61 Å². The molecule has 0 saturated carbocycles. The first-order valence-corrected chi connectivity index (χ1v) is 9.19. The number of nitrogens with one attached hydrogen (secondary N) is 1. The van der Waals surface area contributed by atoms with Crippen LogP contribution in [0.5, 0.6) is 23.0 Å². The Morgan fingerprint density at radius 1 is 1.00 bits per heavy atom. The van der Waals surface area contributed by atoms with Gasteiger partial charge in [0.25, 0.3) is 0 Å². The third kappa shape index (κ3) is 5.41. The van der Waals surface area contributed by atoms with Gasteiger partial charge in [-0.1, -0.05) is 18.7 Å². The number of benzene rings is 2. The molecule has 0 fully saturated rings. The molecule has 144 valence electrons. The molecular formula is C22H27NO4. The van der Waals surface area contributed by atoms with Gasteiger partial charge in [-0.05, 0) is 47.9 Å². The third-order valence-electron chi connectivity index (χ3n) is 4.17. The molecule has 0 spiro atoms. The average molecular weight is 369 g/mol. The highest BCUT2D eigenvalue weighted by Crippen LogP contribution is 2.31. The van der Waals surface area contributed by atoms with Crippen LogP contribution >= 0.6 is 0 Å². The lowest BCUT2D eigenvalue weighted by Crippen LogP contribution is -2.13. The van der Waals surface area contributed by atoms with Crippen molar-refractivity contribution in [2.45, 2.75) is 26.4 Å². The van der Waals surface area contributed by atoms with Crippen molar-refractivity contribution >= 4 is 0 Å². The molecule has 0 amide bonds. The minimum absolute atomic E-state index is 0.477. The SMILES string of the molecule is C=C(C)COc1cc(CNCc2ccc3c(c2)OCCCO3)ccc1OC. The van der Waals surface area contributed by atoms with Crippen LogP contribution in [0.4, 0.5) is 0 Å². The Kier molecular flexibility index (Phi) is 6.60. The molecule has 27 heavy (non-hydrogen) atoms. The van der Waals surface area contributed by atoms with Gasteiger partial charge in [-0.15, -0.1) is 0 Å². The molecule has 0 aromatic heterocycles. The molecule has 1 aliphatic rings. The van der Waals surface area contributed by atoms with E-state index in [1.807, 2.05) is 37.3 Å². The summed E-state index contributed by atoms with van der Waals surface area (Å²) in [6.45, 7) is 9.15. The van der Waals surface area contributed by atoms with Gasteiger partial charge < -0.3 is 24.3 Å². The highest BCUT2D eigenvalue weighted by atomic mass is 16.5. The number of methoxy groups -OCH3 is 1. The van der Waals surface area contributed by atoms with E-state index in [0.29, 0.717) is 19.8 Å². The Bertz CT molecular complexity index is 788. The predicted octanol–water partition coefficient (Wildman–Crippen LogP) is 4.10. The van der Waals surface area contributed by atoms with E-state index in [1.54, 1.807) is 7.11 Å². The molecule has 2 aromatic rings. The maximum absolute atomic E-state index is 5.79. The van der Waals surface area contributed by atoms with E-state index in [2.05, 4.69) is 18.0 Å². The van der Waals surface area contributed by atoms with Crippen molar-refractivity contribution in [2.24, 2.45) is 0 Å². The maximum atomic E-state index is 5.79. The molecule has 0 bridgehead atoms. The summed E-state index contributed by atoms with van der Waals surface area (Å²) in [5.41, 5.74) is 3.25. The van der Waals surface area contributed by atoms with Gasteiger partial charge in [0.2, 0.25) is 0 Å². The topological polar surface area (TPSA) is 49.0 Å². The number of hydrogen-bond acceptors (Lipinski definition) is 5. The first-order valence-electron chi connectivity index (χ1n) is 9.19. The standard InChI is InChI=1S/C22H27NO4/c1-16(2)15-27-21-11-17(5-7-19(21)24-3)13-23-14-18-6-8-20-22(12-18)26-10-4-9-25-20/h5-8,11-12,23H,1,4,9-10,13-15H2,2-3H3. The summed E-state index contributed by atoms with van der Waals surface area (Å²) in [6.07, 6.45) is 0.912. The van der Waals surface area contributed by atoms with Crippen molar-refractivity contribution in [1.82, 2.24) is 5.32 Å². The quantitative estimate of drug-likeness (QED) is 0.710. The van der Waals surface area contributed by atoms with Crippen LogP contribution in [-0.2, 0) is 13.1 Å². The van der Waals surface area contributed by atoms with Crippen LogP contribution < -0.4 is 24.3 Å². The molecular weight excluding hydrogens is 342 g/mol. The maximum Gasteiger partial charge on any atom is 0.161 e. The van der Waals surface area contributed by atoms with E-state index in [9.17, 15) is 0 Å². The van der Waals surface area contributed by atoms with Crippen molar-refractivity contribution in [3.63, 3.8) is 0 Å². The van der Waals surface area contributed by atoms with Crippen LogP contribution in [0.2, 0.25) is 0 Å². The number of hydrogen-bond donors (Lipinski definition) is 1. The largest absolute Gasteiger partial charge is 0.493 e. The van der Waals surface area contributed by atoms with Crippen molar-refractivity contribution in [3.8, 4) is 23.0 Å². The van der Waals surface area contributed by atoms with Crippen molar-refractivity contribution < 1.29 is 18.9 Å². The van der Waals surface area contributed by atoms with Gasteiger partial charge in [-0.3, -0.25) is 0 Å². The first-order chi connectivity index (χ1) is 13.2. The van der Waals surface area contributed by atoms with Crippen LogP contribution in [0.15, 0.2) is 48.6 Å².